The fraction of sp³-hybridized carbons (Fsp3) is 0.429. The normalized spacial score (nSPS) is 20.1. The van der Waals surface area contributed by atoms with Crippen LogP contribution in [0.3, 0.4) is 0 Å². The van der Waals surface area contributed by atoms with Gasteiger partial charge in [-0.15, -0.1) is 0 Å². The maximum Gasteiger partial charge on any atom is 0.305 e. The van der Waals surface area contributed by atoms with Gasteiger partial charge in [0.05, 0.1) is 23.8 Å². The number of carboxylic acid groups (broad SMARTS) is 1. The monoisotopic (exact) mass is 311 g/mol. The van der Waals surface area contributed by atoms with Crippen LogP contribution in [0.5, 0.6) is 0 Å². The number of benzene rings is 1. The summed E-state index contributed by atoms with van der Waals surface area (Å²) in [5.41, 5.74) is 0.591. The first-order valence-corrected chi connectivity index (χ1v) is 8.50. The van der Waals surface area contributed by atoms with E-state index >= 15 is 0 Å². The molecule has 1 fully saturated rings. The van der Waals surface area contributed by atoms with Gasteiger partial charge in [0.2, 0.25) is 5.91 Å². The number of sulfone groups is 1. The van der Waals surface area contributed by atoms with E-state index in [1.807, 2.05) is 0 Å². The molecule has 1 atom stereocenters. The Labute approximate surface area is 123 Å². The molecule has 0 aliphatic carbocycles. The highest BCUT2D eigenvalue weighted by molar-refractivity contribution is 7.91. The van der Waals surface area contributed by atoms with Crippen molar-refractivity contribution in [1.82, 2.24) is 0 Å². The Balaban J connectivity index is 2.19. The number of hydrogen-bond donors (Lipinski definition) is 1. The molecule has 114 valence electrons. The van der Waals surface area contributed by atoms with Crippen molar-refractivity contribution >= 4 is 27.4 Å². The Morgan fingerprint density at radius 1 is 1.24 bits per heavy atom. The number of nitrogens with zero attached hydrogens (tertiary/aromatic N) is 1. The minimum Gasteiger partial charge on any atom is -0.481 e. The topological polar surface area (TPSA) is 91.8 Å². The molecule has 0 saturated carbocycles. The molecule has 1 aliphatic heterocycles. The molecule has 21 heavy (non-hydrogen) atoms. The highest BCUT2D eigenvalue weighted by Gasteiger charge is 2.35. The number of amides is 1. The van der Waals surface area contributed by atoms with Gasteiger partial charge in [0.15, 0.2) is 9.84 Å². The van der Waals surface area contributed by atoms with Crippen LogP contribution in [-0.4, -0.2) is 43.5 Å². The van der Waals surface area contributed by atoms with Gasteiger partial charge in [-0.25, -0.2) is 8.42 Å². The van der Waals surface area contributed by atoms with Crippen molar-refractivity contribution in [2.45, 2.75) is 12.8 Å². The predicted molar refractivity (Wildman–Crippen MR) is 77.8 cm³/mol. The van der Waals surface area contributed by atoms with Crippen molar-refractivity contribution < 1.29 is 23.1 Å². The number of anilines is 1. The molecule has 1 aromatic carbocycles. The summed E-state index contributed by atoms with van der Waals surface area (Å²) in [6.07, 6.45) is 0.123. The smallest absolute Gasteiger partial charge is 0.305 e. The first-order valence-electron chi connectivity index (χ1n) is 6.68. The first kappa shape index (κ1) is 15.5. The maximum atomic E-state index is 12.5. The van der Waals surface area contributed by atoms with E-state index in [2.05, 4.69) is 0 Å². The molecule has 1 unspecified atom stereocenters. The van der Waals surface area contributed by atoms with Gasteiger partial charge in [0.25, 0.3) is 0 Å². The quantitative estimate of drug-likeness (QED) is 0.873. The third-order valence-electron chi connectivity index (χ3n) is 3.46. The molecule has 0 radical (unpaired) electrons. The average molecular weight is 311 g/mol. The summed E-state index contributed by atoms with van der Waals surface area (Å²) in [4.78, 5) is 24.6. The van der Waals surface area contributed by atoms with Crippen molar-refractivity contribution in [3.63, 3.8) is 0 Å². The van der Waals surface area contributed by atoms with E-state index in [1.165, 1.54) is 4.90 Å². The summed E-state index contributed by atoms with van der Waals surface area (Å²) in [6.45, 7) is 0.0364. The maximum absolute atomic E-state index is 12.5. The van der Waals surface area contributed by atoms with Gasteiger partial charge in [-0.1, -0.05) is 18.2 Å². The zero-order valence-electron chi connectivity index (χ0n) is 11.4. The number of aliphatic carboxylic acids is 1. The van der Waals surface area contributed by atoms with Gasteiger partial charge < -0.3 is 10.0 Å². The number of carbonyl (C=O) groups is 2. The highest BCUT2D eigenvalue weighted by atomic mass is 32.2. The Morgan fingerprint density at radius 3 is 2.43 bits per heavy atom. The second-order valence-corrected chi connectivity index (χ2v) is 7.30. The van der Waals surface area contributed by atoms with Gasteiger partial charge in [0, 0.05) is 12.2 Å². The molecular weight excluding hydrogens is 294 g/mol. The van der Waals surface area contributed by atoms with Crippen LogP contribution in [0.1, 0.15) is 12.8 Å². The largest absolute Gasteiger partial charge is 0.481 e. The molecule has 6 nitrogen and oxygen atoms in total. The fourth-order valence-electron chi connectivity index (χ4n) is 2.39. The van der Waals surface area contributed by atoms with Crippen LogP contribution < -0.4 is 4.90 Å². The van der Waals surface area contributed by atoms with Crippen molar-refractivity contribution in [2.24, 2.45) is 5.92 Å². The summed E-state index contributed by atoms with van der Waals surface area (Å²) in [5, 5.41) is 8.81. The molecule has 1 aliphatic rings. The predicted octanol–water partition coefficient (Wildman–Crippen LogP) is 0.929. The summed E-state index contributed by atoms with van der Waals surface area (Å²) in [5.74, 6) is -2.02. The molecule has 0 bridgehead atoms. The van der Waals surface area contributed by atoms with Crippen molar-refractivity contribution in [3.8, 4) is 0 Å². The molecule has 1 amide bonds. The molecule has 0 aromatic heterocycles. The van der Waals surface area contributed by atoms with Gasteiger partial charge in [-0.05, 0) is 18.6 Å². The van der Waals surface area contributed by atoms with Crippen LogP contribution in [0.25, 0.3) is 0 Å². The number of carboxylic acids is 1. The van der Waals surface area contributed by atoms with E-state index in [0.717, 1.165) is 0 Å². The number of hydrogen-bond acceptors (Lipinski definition) is 4. The number of carbonyl (C=O) groups excluding carboxylic acids is 1. The minimum atomic E-state index is -3.15. The lowest BCUT2D eigenvalue weighted by Crippen LogP contribution is -2.38. The van der Waals surface area contributed by atoms with Gasteiger partial charge in [-0.2, -0.15) is 0 Å². The second-order valence-electron chi connectivity index (χ2n) is 5.07. The van der Waals surface area contributed by atoms with Crippen molar-refractivity contribution in [3.05, 3.63) is 30.3 Å². The third kappa shape index (κ3) is 4.04. The lowest BCUT2D eigenvalue weighted by molar-refractivity contribution is -0.136. The van der Waals surface area contributed by atoms with Gasteiger partial charge in [-0.3, -0.25) is 9.59 Å². The molecule has 1 N–H and O–H groups in total. The Kier molecular flexibility index (Phi) is 4.62. The summed E-state index contributed by atoms with van der Waals surface area (Å²) < 4.78 is 23.0. The van der Waals surface area contributed by atoms with Gasteiger partial charge >= 0.3 is 5.97 Å². The average Bonchev–Trinajstić information content (AvgIpc) is 2.80. The summed E-state index contributed by atoms with van der Waals surface area (Å²) in [7, 11) is -3.15. The Hall–Kier alpha value is -1.89. The first-order chi connectivity index (χ1) is 9.89. The lowest BCUT2D eigenvalue weighted by Gasteiger charge is -2.24. The molecule has 2 rings (SSSR count). The highest BCUT2D eigenvalue weighted by Crippen LogP contribution is 2.24. The van der Waals surface area contributed by atoms with E-state index in [4.69, 9.17) is 5.11 Å². The molecule has 1 heterocycles. The zero-order chi connectivity index (χ0) is 15.5. The minimum absolute atomic E-state index is 0.0188. The van der Waals surface area contributed by atoms with Crippen LogP contribution in [0, 0.1) is 5.92 Å². The van der Waals surface area contributed by atoms with E-state index in [0.29, 0.717) is 12.1 Å². The summed E-state index contributed by atoms with van der Waals surface area (Å²) in [6, 6.07) is 8.72. The van der Waals surface area contributed by atoms with Crippen LogP contribution in [0.15, 0.2) is 30.3 Å². The van der Waals surface area contributed by atoms with E-state index in [9.17, 15) is 18.0 Å². The van der Waals surface area contributed by atoms with Crippen molar-refractivity contribution in [2.75, 3.05) is 23.0 Å². The van der Waals surface area contributed by atoms with Crippen LogP contribution in [-0.2, 0) is 19.4 Å². The second kappa shape index (κ2) is 6.26. The van der Waals surface area contributed by atoms with E-state index in [1.54, 1.807) is 30.3 Å². The molecule has 1 aromatic rings. The van der Waals surface area contributed by atoms with Crippen LogP contribution >= 0.6 is 0 Å². The van der Waals surface area contributed by atoms with E-state index in [-0.39, 0.29) is 30.4 Å². The molecular formula is C14H17NO5S. The molecule has 0 spiro atoms. The van der Waals surface area contributed by atoms with Crippen LogP contribution in [0.2, 0.25) is 0 Å². The SMILES string of the molecule is O=C(O)CCN(C(=O)C1CCS(=O)(=O)C1)c1ccccc1. The van der Waals surface area contributed by atoms with Crippen molar-refractivity contribution in [1.29, 1.82) is 0 Å². The molecule has 1 saturated heterocycles. The van der Waals surface area contributed by atoms with E-state index < -0.39 is 21.7 Å². The standard InChI is InChI=1S/C14H17NO5S/c16-13(17)6-8-15(12-4-2-1-3-5-12)14(18)11-7-9-21(19,20)10-11/h1-5,11H,6-10H2,(H,16,17). The fourth-order valence-corrected chi connectivity index (χ4v) is 4.12. The zero-order valence-corrected chi connectivity index (χ0v) is 12.3. The number of rotatable bonds is 5. The van der Waals surface area contributed by atoms with Crippen LogP contribution in [0.4, 0.5) is 5.69 Å². The number of para-hydroxylation sites is 1. The third-order valence-corrected chi connectivity index (χ3v) is 5.23. The Morgan fingerprint density at radius 2 is 1.90 bits per heavy atom. The van der Waals surface area contributed by atoms with Gasteiger partial charge in [0.1, 0.15) is 0 Å². The lowest BCUT2D eigenvalue weighted by atomic mass is 10.1. The Bertz CT molecular complexity index is 626. The molecule has 7 heteroatoms. The summed E-state index contributed by atoms with van der Waals surface area (Å²) >= 11 is 0.